The fraction of sp³-hybridized carbons (Fsp3) is 0.571. The SMILES string of the molecule is CCC(C)c1[c]c(CC(C)C)ccc1. The van der Waals surface area contributed by atoms with Crippen molar-refractivity contribution < 1.29 is 0 Å². The van der Waals surface area contributed by atoms with Gasteiger partial charge in [0.1, 0.15) is 0 Å². The Kier molecular flexibility index (Phi) is 4.19. The molecule has 0 fully saturated rings. The summed E-state index contributed by atoms with van der Waals surface area (Å²) in [6.45, 7) is 9.01. The molecule has 1 rings (SSSR count). The summed E-state index contributed by atoms with van der Waals surface area (Å²) >= 11 is 0. The smallest absolute Gasteiger partial charge is 0.0111 e. The second-order valence-corrected chi connectivity index (χ2v) is 4.54. The van der Waals surface area contributed by atoms with Gasteiger partial charge < -0.3 is 0 Å². The molecule has 1 atom stereocenters. The van der Waals surface area contributed by atoms with Gasteiger partial charge in [-0.3, -0.25) is 0 Å². The van der Waals surface area contributed by atoms with Gasteiger partial charge in [-0.1, -0.05) is 45.9 Å². The van der Waals surface area contributed by atoms with Crippen LogP contribution in [0.15, 0.2) is 18.2 Å². The van der Waals surface area contributed by atoms with E-state index in [0.717, 1.165) is 12.3 Å². The Hall–Kier alpha value is -0.780. The van der Waals surface area contributed by atoms with Crippen LogP contribution in [0.25, 0.3) is 0 Å². The van der Waals surface area contributed by atoms with Crippen LogP contribution in [0.4, 0.5) is 0 Å². The van der Waals surface area contributed by atoms with E-state index in [4.69, 9.17) is 0 Å². The number of hydrogen-bond acceptors (Lipinski definition) is 0. The van der Waals surface area contributed by atoms with Crippen molar-refractivity contribution in [2.24, 2.45) is 5.92 Å². The maximum absolute atomic E-state index is 3.53. The van der Waals surface area contributed by atoms with E-state index in [-0.39, 0.29) is 0 Å². The molecule has 0 aliphatic heterocycles. The Morgan fingerprint density at radius 2 is 1.93 bits per heavy atom. The van der Waals surface area contributed by atoms with Crippen LogP contribution in [0.1, 0.15) is 51.2 Å². The average Bonchev–Trinajstić information content (AvgIpc) is 2.16. The summed E-state index contributed by atoms with van der Waals surface area (Å²) in [5.74, 6) is 1.36. The van der Waals surface area contributed by atoms with Crippen molar-refractivity contribution in [3.8, 4) is 0 Å². The van der Waals surface area contributed by atoms with Crippen LogP contribution in [-0.2, 0) is 6.42 Å². The first-order valence-corrected chi connectivity index (χ1v) is 5.64. The van der Waals surface area contributed by atoms with Gasteiger partial charge in [0.15, 0.2) is 0 Å². The van der Waals surface area contributed by atoms with Crippen LogP contribution in [0.2, 0.25) is 0 Å². The highest BCUT2D eigenvalue weighted by molar-refractivity contribution is 5.24. The number of rotatable bonds is 4. The molecule has 0 aliphatic carbocycles. The summed E-state index contributed by atoms with van der Waals surface area (Å²) in [6, 6.07) is 10.1. The van der Waals surface area contributed by atoms with Crippen LogP contribution < -0.4 is 0 Å². The molecule has 14 heavy (non-hydrogen) atoms. The van der Waals surface area contributed by atoms with Crippen molar-refractivity contribution in [1.29, 1.82) is 0 Å². The van der Waals surface area contributed by atoms with Gasteiger partial charge in [-0.25, -0.2) is 0 Å². The fourth-order valence-corrected chi connectivity index (χ4v) is 1.60. The Morgan fingerprint density at radius 3 is 2.50 bits per heavy atom. The largest absolute Gasteiger partial charge is 0.0648 e. The van der Waals surface area contributed by atoms with Crippen LogP contribution in [-0.4, -0.2) is 0 Å². The van der Waals surface area contributed by atoms with Gasteiger partial charge in [-0.05, 0) is 41.9 Å². The van der Waals surface area contributed by atoms with Crippen molar-refractivity contribution in [3.63, 3.8) is 0 Å². The van der Waals surface area contributed by atoms with E-state index in [9.17, 15) is 0 Å². The minimum Gasteiger partial charge on any atom is -0.0648 e. The average molecular weight is 189 g/mol. The molecule has 0 heterocycles. The van der Waals surface area contributed by atoms with E-state index < -0.39 is 0 Å². The molecule has 1 unspecified atom stereocenters. The highest BCUT2D eigenvalue weighted by Crippen LogP contribution is 2.19. The standard InChI is InChI=1S/C14H21/c1-5-12(4)14-8-6-7-13(10-14)9-11(2)3/h6-8,11-12H,5,9H2,1-4H3. The minimum atomic E-state index is 0.641. The van der Waals surface area contributed by atoms with Crippen molar-refractivity contribution in [2.75, 3.05) is 0 Å². The normalized spacial score (nSPS) is 13.2. The first kappa shape index (κ1) is 11.3. The van der Waals surface area contributed by atoms with Gasteiger partial charge >= 0.3 is 0 Å². The Labute approximate surface area is 88.4 Å². The Bertz CT molecular complexity index is 273. The minimum absolute atomic E-state index is 0.641. The zero-order valence-electron chi connectivity index (χ0n) is 9.80. The first-order valence-electron chi connectivity index (χ1n) is 5.64. The van der Waals surface area contributed by atoms with Crippen molar-refractivity contribution >= 4 is 0 Å². The quantitative estimate of drug-likeness (QED) is 0.666. The van der Waals surface area contributed by atoms with E-state index in [1.54, 1.807) is 0 Å². The van der Waals surface area contributed by atoms with Crippen LogP contribution in [0, 0.1) is 12.0 Å². The van der Waals surface area contributed by atoms with Crippen molar-refractivity contribution in [1.82, 2.24) is 0 Å². The third kappa shape index (κ3) is 3.17. The third-order valence-electron chi connectivity index (χ3n) is 2.65. The molecule has 1 aromatic carbocycles. The van der Waals surface area contributed by atoms with Gasteiger partial charge in [0, 0.05) is 0 Å². The van der Waals surface area contributed by atoms with Gasteiger partial charge in [0.05, 0.1) is 0 Å². The van der Waals surface area contributed by atoms with Crippen molar-refractivity contribution in [3.05, 3.63) is 35.4 Å². The van der Waals surface area contributed by atoms with Gasteiger partial charge in [-0.2, -0.15) is 0 Å². The molecule has 0 aliphatic rings. The molecule has 1 aromatic rings. The summed E-state index contributed by atoms with van der Waals surface area (Å²) < 4.78 is 0. The van der Waals surface area contributed by atoms with Gasteiger partial charge in [0.25, 0.3) is 0 Å². The molecular formula is C14H21. The maximum atomic E-state index is 3.53. The molecular weight excluding hydrogens is 168 g/mol. The van der Waals surface area contributed by atoms with Gasteiger partial charge in [-0.15, -0.1) is 0 Å². The summed E-state index contributed by atoms with van der Waals surface area (Å²) in [4.78, 5) is 0. The lowest BCUT2D eigenvalue weighted by Gasteiger charge is -2.11. The molecule has 0 N–H and O–H groups in total. The van der Waals surface area contributed by atoms with E-state index in [1.807, 2.05) is 0 Å². The molecule has 0 saturated heterocycles. The second-order valence-electron chi connectivity index (χ2n) is 4.54. The maximum Gasteiger partial charge on any atom is -0.0111 e. The molecule has 0 nitrogen and oxygen atoms in total. The number of benzene rings is 1. The van der Waals surface area contributed by atoms with E-state index in [1.165, 1.54) is 17.5 Å². The lowest BCUT2D eigenvalue weighted by molar-refractivity contribution is 0.644. The van der Waals surface area contributed by atoms with E-state index in [0.29, 0.717) is 5.92 Å². The van der Waals surface area contributed by atoms with Crippen LogP contribution in [0.3, 0.4) is 0 Å². The molecule has 0 spiro atoms. The highest BCUT2D eigenvalue weighted by atomic mass is 14.1. The molecule has 0 amide bonds. The highest BCUT2D eigenvalue weighted by Gasteiger charge is 2.04. The molecule has 0 saturated carbocycles. The lowest BCUT2D eigenvalue weighted by atomic mass is 9.94. The number of hydrogen-bond donors (Lipinski definition) is 0. The molecule has 0 bridgehead atoms. The predicted molar refractivity (Wildman–Crippen MR) is 62.5 cm³/mol. The zero-order valence-corrected chi connectivity index (χ0v) is 9.80. The predicted octanol–water partition coefficient (Wildman–Crippen LogP) is 4.20. The monoisotopic (exact) mass is 189 g/mol. The summed E-state index contributed by atoms with van der Waals surface area (Å²) in [5, 5.41) is 0. The summed E-state index contributed by atoms with van der Waals surface area (Å²) in [5.41, 5.74) is 2.73. The molecule has 0 aromatic heterocycles. The lowest BCUT2D eigenvalue weighted by Crippen LogP contribution is -1.97. The fourth-order valence-electron chi connectivity index (χ4n) is 1.60. The van der Waals surface area contributed by atoms with Crippen LogP contribution in [0.5, 0.6) is 0 Å². The van der Waals surface area contributed by atoms with Crippen molar-refractivity contribution in [2.45, 2.75) is 46.5 Å². The van der Waals surface area contributed by atoms with Crippen LogP contribution >= 0.6 is 0 Å². The van der Waals surface area contributed by atoms with E-state index in [2.05, 4.69) is 52.0 Å². The second kappa shape index (κ2) is 5.19. The zero-order chi connectivity index (χ0) is 10.6. The molecule has 77 valence electrons. The molecule has 0 heteroatoms. The molecule has 1 radical (unpaired) electrons. The van der Waals surface area contributed by atoms with E-state index >= 15 is 0 Å². The summed E-state index contributed by atoms with van der Waals surface area (Å²) in [6.07, 6.45) is 2.34. The first-order chi connectivity index (χ1) is 6.63. The third-order valence-corrected chi connectivity index (χ3v) is 2.65. The summed E-state index contributed by atoms with van der Waals surface area (Å²) in [7, 11) is 0. The van der Waals surface area contributed by atoms with Gasteiger partial charge in [0.2, 0.25) is 0 Å². The Morgan fingerprint density at radius 1 is 1.21 bits per heavy atom. The Balaban J connectivity index is 2.78. The topological polar surface area (TPSA) is 0 Å².